The van der Waals surface area contributed by atoms with E-state index >= 15 is 0 Å². The van der Waals surface area contributed by atoms with Crippen LogP contribution in [-0.2, 0) is 5.88 Å². The summed E-state index contributed by atoms with van der Waals surface area (Å²) in [4.78, 5) is 0. The summed E-state index contributed by atoms with van der Waals surface area (Å²) in [6.45, 7) is 2.52. The average molecular weight is 329 g/mol. The second-order valence-electron chi connectivity index (χ2n) is 3.89. The van der Waals surface area contributed by atoms with E-state index < -0.39 is 5.51 Å². The highest BCUT2D eigenvalue weighted by atomic mass is 35.5. The Bertz CT molecular complexity index is 413. The van der Waals surface area contributed by atoms with Gasteiger partial charge in [-0.05, 0) is 24.2 Å². The lowest BCUT2D eigenvalue weighted by Crippen LogP contribution is -2.08. The van der Waals surface area contributed by atoms with Crippen LogP contribution in [0.4, 0.5) is 13.2 Å². The maximum atomic E-state index is 12.0. The van der Waals surface area contributed by atoms with Gasteiger partial charge in [-0.3, -0.25) is 0 Å². The fourth-order valence-electron chi connectivity index (χ4n) is 1.40. The van der Waals surface area contributed by atoms with Crippen LogP contribution in [0.3, 0.4) is 0 Å². The standard InChI is InChI=1S/C13H16ClF3O2S/c1-2-5-18-11-4-3-10(9-14)12(8-11)19-6-7-20-13(15,16)17/h3-4,8H,2,5-7,9H2,1H3. The van der Waals surface area contributed by atoms with Crippen LogP contribution in [-0.4, -0.2) is 24.5 Å². The summed E-state index contributed by atoms with van der Waals surface area (Å²) in [5, 5.41) is 0. The molecule has 0 aliphatic rings. The first-order valence-electron chi connectivity index (χ1n) is 6.11. The van der Waals surface area contributed by atoms with Gasteiger partial charge in [0.05, 0.1) is 19.1 Å². The first-order chi connectivity index (χ1) is 9.46. The van der Waals surface area contributed by atoms with Crippen molar-refractivity contribution in [3.8, 4) is 11.5 Å². The molecule has 2 nitrogen and oxygen atoms in total. The maximum absolute atomic E-state index is 12.0. The average Bonchev–Trinajstić information content (AvgIpc) is 2.40. The van der Waals surface area contributed by atoms with E-state index in [2.05, 4.69) is 0 Å². The summed E-state index contributed by atoms with van der Waals surface area (Å²) in [6.07, 6.45) is 0.871. The topological polar surface area (TPSA) is 18.5 Å². The minimum atomic E-state index is -4.23. The minimum Gasteiger partial charge on any atom is -0.493 e. The number of rotatable bonds is 8. The number of benzene rings is 1. The summed E-state index contributed by atoms with van der Waals surface area (Å²) >= 11 is 5.66. The summed E-state index contributed by atoms with van der Waals surface area (Å²) in [5.74, 6) is 1.16. The third-order valence-electron chi connectivity index (χ3n) is 2.26. The van der Waals surface area contributed by atoms with Crippen LogP contribution in [0.2, 0.25) is 0 Å². The van der Waals surface area contributed by atoms with Crippen molar-refractivity contribution in [2.75, 3.05) is 19.0 Å². The van der Waals surface area contributed by atoms with Crippen molar-refractivity contribution in [3.63, 3.8) is 0 Å². The molecule has 1 aromatic carbocycles. The van der Waals surface area contributed by atoms with Gasteiger partial charge in [-0.2, -0.15) is 13.2 Å². The van der Waals surface area contributed by atoms with Gasteiger partial charge in [-0.1, -0.05) is 13.0 Å². The van der Waals surface area contributed by atoms with Crippen molar-refractivity contribution in [1.82, 2.24) is 0 Å². The Morgan fingerprint density at radius 3 is 2.55 bits per heavy atom. The van der Waals surface area contributed by atoms with Gasteiger partial charge in [0.25, 0.3) is 0 Å². The lowest BCUT2D eigenvalue weighted by Gasteiger charge is -2.13. The van der Waals surface area contributed by atoms with Crippen molar-refractivity contribution in [1.29, 1.82) is 0 Å². The van der Waals surface area contributed by atoms with Gasteiger partial charge in [0, 0.05) is 17.4 Å². The van der Waals surface area contributed by atoms with E-state index in [1.807, 2.05) is 6.92 Å². The van der Waals surface area contributed by atoms with Crippen LogP contribution >= 0.6 is 23.4 Å². The molecule has 1 aromatic rings. The number of hydrogen-bond acceptors (Lipinski definition) is 3. The first kappa shape index (κ1) is 17.3. The Kier molecular flexibility index (Phi) is 7.37. The molecule has 0 spiro atoms. The number of hydrogen-bond donors (Lipinski definition) is 0. The number of thioether (sulfide) groups is 1. The summed E-state index contributed by atoms with van der Waals surface area (Å²) in [7, 11) is 0. The molecule has 114 valence electrons. The molecule has 0 saturated heterocycles. The van der Waals surface area contributed by atoms with Crippen LogP contribution in [0.5, 0.6) is 11.5 Å². The Morgan fingerprint density at radius 1 is 1.20 bits per heavy atom. The smallest absolute Gasteiger partial charge is 0.441 e. The van der Waals surface area contributed by atoms with E-state index in [1.54, 1.807) is 18.2 Å². The fourth-order valence-corrected chi connectivity index (χ4v) is 2.02. The lowest BCUT2D eigenvalue weighted by molar-refractivity contribution is -0.0329. The summed E-state index contributed by atoms with van der Waals surface area (Å²) < 4.78 is 46.8. The molecule has 7 heteroatoms. The Hall–Kier alpha value is -0.750. The highest BCUT2D eigenvalue weighted by molar-refractivity contribution is 8.00. The van der Waals surface area contributed by atoms with Crippen molar-refractivity contribution >= 4 is 23.4 Å². The second-order valence-corrected chi connectivity index (χ2v) is 5.32. The fraction of sp³-hybridized carbons (Fsp3) is 0.538. The van der Waals surface area contributed by atoms with Gasteiger partial charge in [0.2, 0.25) is 0 Å². The van der Waals surface area contributed by atoms with Crippen LogP contribution in [0.1, 0.15) is 18.9 Å². The number of ether oxygens (including phenoxy) is 2. The zero-order valence-electron chi connectivity index (χ0n) is 11.0. The molecule has 0 aromatic heterocycles. The normalized spacial score (nSPS) is 11.4. The third kappa shape index (κ3) is 6.61. The molecule has 20 heavy (non-hydrogen) atoms. The molecule has 0 bridgehead atoms. The SMILES string of the molecule is CCCOc1ccc(CCl)c(OCCSC(F)(F)F)c1. The molecule has 0 atom stereocenters. The van der Waals surface area contributed by atoms with Gasteiger partial charge in [-0.15, -0.1) is 11.6 Å². The van der Waals surface area contributed by atoms with E-state index in [0.29, 0.717) is 18.1 Å². The zero-order chi connectivity index (χ0) is 15.0. The molecular formula is C13H16ClF3O2S. The monoisotopic (exact) mass is 328 g/mol. The van der Waals surface area contributed by atoms with Crippen molar-refractivity contribution in [2.24, 2.45) is 0 Å². The third-order valence-corrected chi connectivity index (χ3v) is 3.25. The molecule has 0 aliphatic carbocycles. The quantitative estimate of drug-likeness (QED) is 0.502. The van der Waals surface area contributed by atoms with Crippen LogP contribution in [0.15, 0.2) is 18.2 Å². The number of halogens is 4. The molecule has 0 aliphatic heterocycles. The molecular weight excluding hydrogens is 313 g/mol. The van der Waals surface area contributed by atoms with Crippen molar-refractivity contribution < 1.29 is 22.6 Å². The van der Waals surface area contributed by atoms with Gasteiger partial charge < -0.3 is 9.47 Å². The molecule has 0 saturated carbocycles. The van der Waals surface area contributed by atoms with E-state index in [0.717, 1.165) is 12.0 Å². The van der Waals surface area contributed by atoms with E-state index in [1.165, 1.54) is 0 Å². The highest BCUT2D eigenvalue weighted by Gasteiger charge is 2.27. The lowest BCUT2D eigenvalue weighted by atomic mass is 10.2. The zero-order valence-corrected chi connectivity index (χ0v) is 12.6. The molecule has 0 fully saturated rings. The van der Waals surface area contributed by atoms with E-state index in [-0.39, 0.29) is 30.0 Å². The van der Waals surface area contributed by atoms with Gasteiger partial charge in [-0.25, -0.2) is 0 Å². The predicted molar refractivity (Wildman–Crippen MR) is 75.8 cm³/mol. The van der Waals surface area contributed by atoms with Gasteiger partial charge in [0.15, 0.2) is 0 Å². The van der Waals surface area contributed by atoms with Crippen LogP contribution in [0.25, 0.3) is 0 Å². The van der Waals surface area contributed by atoms with Crippen LogP contribution < -0.4 is 9.47 Å². The predicted octanol–water partition coefficient (Wildman–Crippen LogP) is 4.85. The maximum Gasteiger partial charge on any atom is 0.441 e. The number of alkyl halides is 4. The molecule has 0 N–H and O–H groups in total. The van der Waals surface area contributed by atoms with Gasteiger partial charge in [0.1, 0.15) is 11.5 Å². The summed E-state index contributed by atoms with van der Waals surface area (Å²) in [5.41, 5.74) is -3.50. The summed E-state index contributed by atoms with van der Waals surface area (Å²) in [6, 6.07) is 5.18. The van der Waals surface area contributed by atoms with Crippen molar-refractivity contribution in [2.45, 2.75) is 24.7 Å². The molecule has 0 radical (unpaired) electrons. The highest BCUT2D eigenvalue weighted by Crippen LogP contribution is 2.31. The molecule has 0 amide bonds. The molecule has 1 rings (SSSR count). The second kappa shape index (κ2) is 8.52. The molecule has 0 unspecified atom stereocenters. The van der Waals surface area contributed by atoms with Gasteiger partial charge >= 0.3 is 5.51 Å². The first-order valence-corrected chi connectivity index (χ1v) is 7.63. The Labute approximate surface area is 125 Å². The van der Waals surface area contributed by atoms with Crippen LogP contribution in [0, 0.1) is 0 Å². The Morgan fingerprint density at radius 2 is 1.95 bits per heavy atom. The Balaban J connectivity index is 2.57. The minimum absolute atomic E-state index is 0.0364. The van der Waals surface area contributed by atoms with E-state index in [9.17, 15) is 13.2 Å². The van der Waals surface area contributed by atoms with E-state index in [4.69, 9.17) is 21.1 Å². The largest absolute Gasteiger partial charge is 0.493 e. The van der Waals surface area contributed by atoms with Crippen molar-refractivity contribution in [3.05, 3.63) is 23.8 Å². The molecule has 0 heterocycles.